The van der Waals surface area contributed by atoms with Gasteiger partial charge in [0, 0.05) is 49.0 Å². The number of ether oxygens (including phenoxy) is 1. The van der Waals surface area contributed by atoms with Gasteiger partial charge in [0.2, 0.25) is 5.95 Å². The van der Waals surface area contributed by atoms with E-state index in [0.29, 0.717) is 48.6 Å². The minimum absolute atomic E-state index is 0.173. The van der Waals surface area contributed by atoms with Gasteiger partial charge in [-0.3, -0.25) is 5.32 Å². The van der Waals surface area contributed by atoms with Crippen LogP contribution >= 0.6 is 0 Å². The van der Waals surface area contributed by atoms with Crippen LogP contribution in [0.25, 0.3) is 11.2 Å². The maximum Gasteiger partial charge on any atom is 0.430 e. The Hall–Kier alpha value is -3.64. The van der Waals surface area contributed by atoms with Gasteiger partial charge in [-0.1, -0.05) is 18.9 Å². The van der Waals surface area contributed by atoms with Crippen LogP contribution in [0.15, 0.2) is 30.6 Å². The molecule has 2 saturated carbocycles. The normalized spacial score (nSPS) is 22.5. The summed E-state index contributed by atoms with van der Waals surface area (Å²) in [5, 5.41) is 11.7. The Balaban J connectivity index is 1.11. The Kier molecular flexibility index (Phi) is 8.38. The molecule has 0 radical (unpaired) electrons. The minimum Gasteiger partial charge on any atom is -0.497 e. The second kappa shape index (κ2) is 12.5. The SMILES string of the molecule is COc1cccc(NC(=O)ON2CCC(Nc3nc(NC4CCC(N)CC4)nc4c3ncn4C3CCCC3)CC2)c1. The maximum absolute atomic E-state index is 12.5. The van der Waals surface area contributed by atoms with Crippen molar-refractivity contribution in [3.8, 4) is 5.75 Å². The largest absolute Gasteiger partial charge is 0.497 e. The molecule has 41 heavy (non-hydrogen) atoms. The van der Waals surface area contributed by atoms with Crippen LogP contribution in [-0.4, -0.2) is 69.0 Å². The topological polar surface area (TPSA) is 144 Å². The van der Waals surface area contributed by atoms with Crippen molar-refractivity contribution in [3.63, 3.8) is 0 Å². The predicted octanol–water partition coefficient (Wildman–Crippen LogP) is 4.67. The van der Waals surface area contributed by atoms with Gasteiger partial charge in [-0.2, -0.15) is 9.97 Å². The second-order valence-electron chi connectivity index (χ2n) is 11.5. The Morgan fingerprint density at radius 3 is 2.49 bits per heavy atom. The summed E-state index contributed by atoms with van der Waals surface area (Å²) in [5.41, 5.74) is 8.45. The summed E-state index contributed by atoms with van der Waals surface area (Å²) < 4.78 is 7.46. The van der Waals surface area contributed by atoms with Gasteiger partial charge in [0.25, 0.3) is 0 Å². The van der Waals surface area contributed by atoms with Gasteiger partial charge in [-0.25, -0.2) is 9.78 Å². The van der Waals surface area contributed by atoms with E-state index in [9.17, 15) is 4.79 Å². The van der Waals surface area contributed by atoms with Crippen molar-refractivity contribution in [1.29, 1.82) is 0 Å². The molecule has 0 unspecified atom stereocenters. The minimum atomic E-state index is -0.515. The number of carbonyl (C=O) groups excluding carboxylic acids is 1. The molecule has 12 heteroatoms. The summed E-state index contributed by atoms with van der Waals surface area (Å²) in [6, 6.07) is 8.41. The standard InChI is InChI=1S/C29H41N9O3/c1-40-24-8-4-5-22(17-24)34-29(39)41-37-15-13-21(14-16-37)32-26-25-27(38(18-31-25)23-6-2-3-7-23)36-28(35-26)33-20-11-9-19(30)10-12-20/h4-5,8,17-21,23H,2-3,6-7,9-16,30H2,1H3,(H,34,39)(H2,32,33,35,36). The smallest absolute Gasteiger partial charge is 0.430 e. The summed E-state index contributed by atoms with van der Waals surface area (Å²) in [6.07, 6.45) is 11.9. The average Bonchev–Trinajstić information content (AvgIpc) is 3.66. The molecule has 3 aliphatic rings. The van der Waals surface area contributed by atoms with Crippen LogP contribution in [0.4, 0.5) is 22.2 Å². The van der Waals surface area contributed by atoms with E-state index < -0.39 is 6.09 Å². The van der Waals surface area contributed by atoms with Gasteiger partial charge in [0.05, 0.1) is 13.4 Å². The highest BCUT2D eigenvalue weighted by Gasteiger charge is 2.27. The van der Waals surface area contributed by atoms with E-state index in [1.54, 1.807) is 24.3 Å². The summed E-state index contributed by atoms with van der Waals surface area (Å²) in [5.74, 6) is 2.08. The third-order valence-corrected chi connectivity index (χ3v) is 8.57. The number of nitrogens with two attached hydrogens (primary N) is 1. The van der Waals surface area contributed by atoms with E-state index in [0.717, 1.165) is 68.3 Å². The molecule has 3 aromatic rings. The zero-order valence-corrected chi connectivity index (χ0v) is 23.7. The third-order valence-electron chi connectivity index (χ3n) is 8.57. The van der Waals surface area contributed by atoms with E-state index >= 15 is 0 Å². The highest BCUT2D eigenvalue weighted by molar-refractivity contribution is 5.85. The van der Waals surface area contributed by atoms with E-state index in [-0.39, 0.29) is 6.04 Å². The molecule has 6 rings (SSSR count). The number of carbonyl (C=O) groups is 1. The van der Waals surface area contributed by atoms with Crippen LogP contribution in [0.2, 0.25) is 0 Å². The van der Waals surface area contributed by atoms with Crippen molar-refractivity contribution in [2.75, 3.05) is 36.1 Å². The zero-order chi connectivity index (χ0) is 28.2. The molecule has 0 bridgehead atoms. The quantitative estimate of drug-likeness (QED) is 0.305. The Bertz CT molecular complexity index is 1330. The van der Waals surface area contributed by atoms with Crippen LogP contribution < -0.4 is 26.4 Å². The fraction of sp³-hybridized carbons (Fsp3) is 0.586. The van der Waals surface area contributed by atoms with Crippen molar-refractivity contribution in [2.45, 2.75) is 88.4 Å². The summed E-state index contributed by atoms with van der Waals surface area (Å²) in [7, 11) is 1.59. The number of imidazole rings is 1. The number of anilines is 3. The van der Waals surface area contributed by atoms with Gasteiger partial charge < -0.3 is 30.5 Å². The Morgan fingerprint density at radius 1 is 0.976 bits per heavy atom. The third kappa shape index (κ3) is 6.65. The Morgan fingerprint density at radius 2 is 1.73 bits per heavy atom. The molecule has 3 heterocycles. The molecule has 2 aromatic heterocycles. The molecule has 1 aliphatic heterocycles. The lowest BCUT2D eigenvalue weighted by molar-refractivity contribution is -0.106. The molecule has 2 aliphatic carbocycles. The van der Waals surface area contributed by atoms with Gasteiger partial charge in [0.1, 0.15) is 5.75 Å². The van der Waals surface area contributed by atoms with Crippen LogP contribution in [-0.2, 0) is 4.84 Å². The number of methoxy groups -OCH3 is 1. The lowest BCUT2D eigenvalue weighted by Gasteiger charge is -2.31. The molecule has 5 N–H and O–H groups in total. The first-order valence-corrected chi connectivity index (χ1v) is 14.9. The van der Waals surface area contributed by atoms with Gasteiger partial charge in [-0.15, -0.1) is 5.06 Å². The fourth-order valence-electron chi connectivity index (χ4n) is 6.22. The number of amides is 1. The number of piperidine rings is 1. The molecule has 1 saturated heterocycles. The monoisotopic (exact) mass is 563 g/mol. The number of rotatable bonds is 8. The second-order valence-corrected chi connectivity index (χ2v) is 11.5. The number of nitrogens with one attached hydrogen (secondary N) is 3. The fourth-order valence-corrected chi connectivity index (χ4v) is 6.22. The molecule has 220 valence electrons. The zero-order valence-electron chi connectivity index (χ0n) is 23.7. The van der Waals surface area contributed by atoms with E-state index in [4.69, 9.17) is 30.3 Å². The lowest BCUT2D eigenvalue weighted by Crippen LogP contribution is -2.41. The predicted molar refractivity (Wildman–Crippen MR) is 158 cm³/mol. The maximum atomic E-state index is 12.5. The highest BCUT2D eigenvalue weighted by atomic mass is 16.7. The first-order chi connectivity index (χ1) is 20.0. The van der Waals surface area contributed by atoms with Crippen LogP contribution in [0.5, 0.6) is 5.75 Å². The molecule has 12 nitrogen and oxygen atoms in total. The highest BCUT2D eigenvalue weighted by Crippen LogP contribution is 2.34. The van der Waals surface area contributed by atoms with Crippen molar-refractivity contribution in [1.82, 2.24) is 24.6 Å². The van der Waals surface area contributed by atoms with E-state index in [2.05, 4.69) is 20.5 Å². The number of fused-ring (bicyclic) bond motifs is 1. The lowest BCUT2D eigenvalue weighted by atomic mass is 9.92. The number of nitrogens with zero attached hydrogens (tertiary/aromatic N) is 5. The molecule has 0 spiro atoms. The first-order valence-electron chi connectivity index (χ1n) is 14.9. The summed E-state index contributed by atoms with van der Waals surface area (Å²) >= 11 is 0. The number of aromatic nitrogens is 4. The summed E-state index contributed by atoms with van der Waals surface area (Å²) in [6.45, 7) is 1.22. The molecule has 1 amide bonds. The van der Waals surface area contributed by atoms with Crippen LogP contribution in [0.1, 0.15) is 70.3 Å². The van der Waals surface area contributed by atoms with Crippen molar-refractivity contribution in [2.24, 2.45) is 5.73 Å². The number of benzene rings is 1. The van der Waals surface area contributed by atoms with Gasteiger partial charge in [-0.05, 0) is 63.5 Å². The average molecular weight is 564 g/mol. The van der Waals surface area contributed by atoms with Crippen LogP contribution in [0.3, 0.4) is 0 Å². The van der Waals surface area contributed by atoms with E-state index in [1.807, 2.05) is 18.5 Å². The van der Waals surface area contributed by atoms with Crippen LogP contribution in [0, 0.1) is 0 Å². The van der Waals surface area contributed by atoms with Gasteiger partial charge >= 0.3 is 6.09 Å². The molecule has 0 atom stereocenters. The van der Waals surface area contributed by atoms with Crippen molar-refractivity contribution < 1.29 is 14.4 Å². The van der Waals surface area contributed by atoms with Gasteiger partial charge in [0.15, 0.2) is 17.0 Å². The first kappa shape index (κ1) is 27.5. The number of hydroxylamine groups is 2. The molecular formula is C29H41N9O3. The summed E-state index contributed by atoms with van der Waals surface area (Å²) in [4.78, 5) is 32.7. The van der Waals surface area contributed by atoms with Crippen molar-refractivity contribution >= 4 is 34.7 Å². The molecule has 1 aromatic carbocycles. The number of hydrogen-bond donors (Lipinski definition) is 4. The molecular weight excluding hydrogens is 522 g/mol. The van der Waals surface area contributed by atoms with E-state index in [1.165, 1.54) is 12.8 Å². The Labute approximate surface area is 240 Å². The number of hydrogen-bond acceptors (Lipinski definition) is 10. The molecule has 3 fully saturated rings. The van der Waals surface area contributed by atoms with Crippen molar-refractivity contribution in [3.05, 3.63) is 30.6 Å².